The van der Waals surface area contributed by atoms with Crippen molar-refractivity contribution in [2.24, 2.45) is 5.92 Å². The average molecular weight is 249 g/mol. The maximum atomic E-state index is 5.80. The maximum Gasteiger partial charge on any atom is 0.119 e. The summed E-state index contributed by atoms with van der Waals surface area (Å²) < 4.78 is 5.80. The summed E-state index contributed by atoms with van der Waals surface area (Å²) in [6, 6.07) is 8.78. The summed E-state index contributed by atoms with van der Waals surface area (Å²) in [6.45, 7) is 10.6. The maximum absolute atomic E-state index is 5.80. The molecular formula is C16H27NO. The summed E-state index contributed by atoms with van der Waals surface area (Å²) in [7, 11) is 0. The van der Waals surface area contributed by atoms with Gasteiger partial charge < -0.3 is 10.1 Å². The summed E-state index contributed by atoms with van der Waals surface area (Å²) in [6.07, 6.45) is 2.36. The number of ether oxygens (including phenoxy) is 1. The van der Waals surface area contributed by atoms with Crippen LogP contribution in [0.2, 0.25) is 0 Å². The molecule has 0 aliphatic carbocycles. The molecule has 0 fully saturated rings. The van der Waals surface area contributed by atoms with E-state index in [-0.39, 0.29) is 0 Å². The molecule has 0 saturated carbocycles. The molecule has 1 aromatic carbocycles. The van der Waals surface area contributed by atoms with Crippen LogP contribution in [0.15, 0.2) is 24.3 Å². The van der Waals surface area contributed by atoms with Gasteiger partial charge in [0, 0.05) is 6.04 Å². The van der Waals surface area contributed by atoms with Crippen LogP contribution in [0.3, 0.4) is 0 Å². The fraction of sp³-hybridized carbons (Fsp3) is 0.625. The lowest BCUT2D eigenvalue weighted by molar-refractivity contribution is 0.297. The molecule has 0 bridgehead atoms. The SMILES string of the molecule is CCNC(C)c1cccc(OCCCC(C)C)c1. The van der Waals surface area contributed by atoms with Gasteiger partial charge in [-0.25, -0.2) is 0 Å². The zero-order chi connectivity index (χ0) is 13.4. The Bertz CT molecular complexity index is 336. The van der Waals surface area contributed by atoms with Crippen molar-refractivity contribution in [2.45, 2.75) is 46.6 Å². The van der Waals surface area contributed by atoms with Crippen molar-refractivity contribution in [3.63, 3.8) is 0 Å². The van der Waals surface area contributed by atoms with Crippen LogP contribution in [0.4, 0.5) is 0 Å². The van der Waals surface area contributed by atoms with Crippen molar-refractivity contribution in [3.8, 4) is 5.75 Å². The van der Waals surface area contributed by atoms with Gasteiger partial charge in [-0.2, -0.15) is 0 Å². The minimum absolute atomic E-state index is 0.384. The molecule has 0 aromatic heterocycles. The molecule has 0 spiro atoms. The quantitative estimate of drug-likeness (QED) is 0.698. The Balaban J connectivity index is 2.44. The van der Waals surface area contributed by atoms with Gasteiger partial charge in [0.1, 0.15) is 5.75 Å². The Morgan fingerprint density at radius 2 is 2.00 bits per heavy atom. The topological polar surface area (TPSA) is 21.3 Å². The first kappa shape index (κ1) is 15.0. The Morgan fingerprint density at radius 3 is 2.67 bits per heavy atom. The minimum atomic E-state index is 0.384. The molecule has 0 amide bonds. The Kier molecular flexibility index (Phi) is 6.81. The van der Waals surface area contributed by atoms with Crippen molar-refractivity contribution in [1.82, 2.24) is 5.32 Å². The molecule has 1 N–H and O–H groups in total. The number of rotatable bonds is 8. The monoisotopic (exact) mass is 249 g/mol. The van der Waals surface area contributed by atoms with Crippen LogP contribution < -0.4 is 10.1 Å². The van der Waals surface area contributed by atoms with Crippen LogP contribution in [0.25, 0.3) is 0 Å². The third-order valence-electron chi connectivity index (χ3n) is 3.06. The van der Waals surface area contributed by atoms with Gasteiger partial charge >= 0.3 is 0 Å². The van der Waals surface area contributed by atoms with Crippen molar-refractivity contribution in [3.05, 3.63) is 29.8 Å². The van der Waals surface area contributed by atoms with Gasteiger partial charge in [-0.1, -0.05) is 32.9 Å². The van der Waals surface area contributed by atoms with Crippen LogP contribution in [0, 0.1) is 5.92 Å². The first-order valence-electron chi connectivity index (χ1n) is 7.09. The van der Waals surface area contributed by atoms with E-state index in [4.69, 9.17) is 4.74 Å². The Hall–Kier alpha value is -1.02. The number of benzene rings is 1. The normalized spacial score (nSPS) is 12.7. The lowest BCUT2D eigenvalue weighted by Crippen LogP contribution is -2.17. The van der Waals surface area contributed by atoms with E-state index in [1.54, 1.807) is 0 Å². The molecule has 0 saturated heterocycles. The van der Waals surface area contributed by atoms with E-state index >= 15 is 0 Å². The molecule has 1 unspecified atom stereocenters. The minimum Gasteiger partial charge on any atom is -0.494 e. The highest BCUT2D eigenvalue weighted by molar-refractivity contribution is 5.30. The highest BCUT2D eigenvalue weighted by Gasteiger charge is 2.04. The van der Waals surface area contributed by atoms with Gasteiger partial charge in [-0.3, -0.25) is 0 Å². The molecule has 0 heterocycles. The summed E-state index contributed by atoms with van der Waals surface area (Å²) in [5, 5.41) is 3.42. The van der Waals surface area contributed by atoms with E-state index in [1.807, 2.05) is 6.07 Å². The van der Waals surface area contributed by atoms with Crippen LogP contribution in [0.5, 0.6) is 5.75 Å². The van der Waals surface area contributed by atoms with Crippen molar-refractivity contribution in [2.75, 3.05) is 13.2 Å². The number of hydrogen-bond donors (Lipinski definition) is 1. The van der Waals surface area contributed by atoms with Gasteiger partial charge in [-0.15, -0.1) is 0 Å². The molecule has 18 heavy (non-hydrogen) atoms. The van der Waals surface area contributed by atoms with Gasteiger partial charge in [0.25, 0.3) is 0 Å². The van der Waals surface area contributed by atoms with Crippen LogP contribution in [-0.2, 0) is 0 Å². The highest BCUT2D eigenvalue weighted by Crippen LogP contribution is 2.19. The van der Waals surface area contributed by atoms with Crippen LogP contribution >= 0.6 is 0 Å². The zero-order valence-electron chi connectivity index (χ0n) is 12.2. The largest absolute Gasteiger partial charge is 0.494 e. The molecule has 2 heteroatoms. The fourth-order valence-corrected chi connectivity index (χ4v) is 1.98. The third kappa shape index (κ3) is 5.54. The summed E-state index contributed by atoms with van der Waals surface area (Å²) in [4.78, 5) is 0. The van der Waals surface area contributed by atoms with E-state index in [9.17, 15) is 0 Å². The second-order valence-electron chi connectivity index (χ2n) is 5.24. The van der Waals surface area contributed by atoms with E-state index < -0.39 is 0 Å². The van der Waals surface area contributed by atoms with Crippen molar-refractivity contribution in [1.29, 1.82) is 0 Å². The van der Waals surface area contributed by atoms with E-state index in [0.717, 1.165) is 31.2 Å². The lowest BCUT2D eigenvalue weighted by atomic mass is 10.1. The van der Waals surface area contributed by atoms with Crippen molar-refractivity contribution >= 4 is 0 Å². The molecule has 0 aliphatic rings. The first-order valence-corrected chi connectivity index (χ1v) is 7.09. The van der Waals surface area contributed by atoms with E-state index in [0.29, 0.717) is 6.04 Å². The Morgan fingerprint density at radius 1 is 1.22 bits per heavy atom. The number of hydrogen-bond acceptors (Lipinski definition) is 2. The van der Waals surface area contributed by atoms with Gasteiger partial charge in [0.05, 0.1) is 6.61 Å². The molecule has 0 aliphatic heterocycles. The second-order valence-corrected chi connectivity index (χ2v) is 5.24. The smallest absolute Gasteiger partial charge is 0.119 e. The van der Waals surface area contributed by atoms with Gasteiger partial charge in [-0.05, 0) is 49.9 Å². The summed E-state index contributed by atoms with van der Waals surface area (Å²) >= 11 is 0. The first-order chi connectivity index (χ1) is 8.63. The molecular weight excluding hydrogens is 222 g/mol. The Labute approximate surface area is 112 Å². The third-order valence-corrected chi connectivity index (χ3v) is 3.06. The molecule has 102 valence electrons. The van der Waals surface area contributed by atoms with Gasteiger partial charge in [0.2, 0.25) is 0 Å². The molecule has 0 radical (unpaired) electrons. The van der Waals surface area contributed by atoms with Crippen LogP contribution in [-0.4, -0.2) is 13.2 Å². The predicted octanol–water partition coefficient (Wildman–Crippen LogP) is 4.17. The molecule has 1 rings (SSSR count). The second kappa shape index (κ2) is 8.15. The van der Waals surface area contributed by atoms with Gasteiger partial charge in [0.15, 0.2) is 0 Å². The highest BCUT2D eigenvalue weighted by atomic mass is 16.5. The van der Waals surface area contributed by atoms with E-state index in [1.165, 1.54) is 12.0 Å². The lowest BCUT2D eigenvalue weighted by Gasteiger charge is -2.14. The predicted molar refractivity (Wildman–Crippen MR) is 78.1 cm³/mol. The number of nitrogens with one attached hydrogen (secondary N) is 1. The molecule has 2 nitrogen and oxygen atoms in total. The molecule has 1 atom stereocenters. The zero-order valence-corrected chi connectivity index (χ0v) is 12.2. The molecule has 1 aromatic rings. The standard InChI is InChI=1S/C16H27NO/c1-5-17-14(4)15-9-6-10-16(12-15)18-11-7-8-13(2)3/h6,9-10,12-14,17H,5,7-8,11H2,1-4H3. The van der Waals surface area contributed by atoms with E-state index in [2.05, 4.69) is 51.2 Å². The summed E-state index contributed by atoms with van der Waals surface area (Å²) in [5.74, 6) is 1.75. The summed E-state index contributed by atoms with van der Waals surface area (Å²) in [5.41, 5.74) is 1.29. The van der Waals surface area contributed by atoms with Crippen LogP contribution in [0.1, 0.15) is 52.1 Å². The van der Waals surface area contributed by atoms with Crippen molar-refractivity contribution < 1.29 is 4.74 Å². The fourth-order valence-electron chi connectivity index (χ4n) is 1.98. The average Bonchev–Trinajstić information content (AvgIpc) is 2.35.